The van der Waals surface area contributed by atoms with Crippen LogP contribution in [-0.2, 0) is 0 Å². The average molecular weight is 281 g/mol. The molecule has 6 nitrogen and oxygen atoms in total. The van der Waals surface area contributed by atoms with E-state index in [-0.39, 0.29) is 5.90 Å². The summed E-state index contributed by atoms with van der Waals surface area (Å²) in [4.78, 5) is 0. The van der Waals surface area contributed by atoms with Crippen LogP contribution in [-0.4, -0.2) is 33.0 Å². The Balaban J connectivity index is 2.60. The fraction of sp³-hybridized carbons (Fsp3) is 0.214. The van der Waals surface area contributed by atoms with Crippen LogP contribution in [0.5, 0.6) is 5.75 Å². The molecule has 0 heterocycles. The van der Waals surface area contributed by atoms with Crippen molar-refractivity contribution in [2.24, 2.45) is 10.1 Å². The van der Waals surface area contributed by atoms with E-state index in [0.29, 0.717) is 11.4 Å². The highest BCUT2D eigenvalue weighted by atomic mass is 16.5. The minimum absolute atomic E-state index is 0.120. The lowest BCUT2D eigenvalue weighted by atomic mass is 10.1. The van der Waals surface area contributed by atoms with Crippen LogP contribution in [0.3, 0.4) is 0 Å². The maximum atomic E-state index is 7.58. The van der Waals surface area contributed by atoms with Gasteiger partial charge in [-0.05, 0) is 29.7 Å². The SMILES string of the molecule is [B]N=Nc1ccc2c(OC(C)=N)c(NN(C)C)ccc2c1. The van der Waals surface area contributed by atoms with Crippen LogP contribution >= 0.6 is 0 Å². The first-order valence-electron chi connectivity index (χ1n) is 6.36. The van der Waals surface area contributed by atoms with Crippen molar-refractivity contribution in [3.63, 3.8) is 0 Å². The van der Waals surface area contributed by atoms with E-state index in [1.54, 1.807) is 13.0 Å². The molecule has 0 saturated carbocycles. The van der Waals surface area contributed by atoms with E-state index in [1.165, 1.54) is 0 Å². The molecule has 0 fully saturated rings. The van der Waals surface area contributed by atoms with Crippen molar-refractivity contribution in [2.45, 2.75) is 6.92 Å². The van der Waals surface area contributed by atoms with Gasteiger partial charge in [0.25, 0.3) is 7.98 Å². The summed E-state index contributed by atoms with van der Waals surface area (Å²) in [5.74, 6) is 0.722. The maximum absolute atomic E-state index is 7.58. The monoisotopic (exact) mass is 281 g/mol. The van der Waals surface area contributed by atoms with Crippen molar-refractivity contribution in [3.8, 4) is 5.75 Å². The summed E-state index contributed by atoms with van der Waals surface area (Å²) in [5, 5.41) is 18.3. The number of hydrazine groups is 1. The number of hydrogen-bond acceptors (Lipinski definition) is 6. The Labute approximate surface area is 124 Å². The third-order valence-corrected chi connectivity index (χ3v) is 2.73. The van der Waals surface area contributed by atoms with Gasteiger partial charge < -0.3 is 10.2 Å². The number of hydrogen-bond donors (Lipinski definition) is 2. The number of nitrogens with one attached hydrogen (secondary N) is 2. The summed E-state index contributed by atoms with van der Waals surface area (Å²) in [6.45, 7) is 1.59. The first-order valence-corrected chi connectivity index (χ1v) is 6.36. The Bertz CT molecular complexity index is 699. The normalized spacial score (nSPS) is 11.2. The van der Waals surface area contributed by atoms with E-state index in [0.717, 1.165) is 16.5 Å². The second-order valence-electron chi connectivity index (χ2n) is 4.73. The Morgan fingerprint density at radius 1 is 1.29 bits per heavy atom. The van der Waals surface area contributed by atoms with E-state index in [9.17, 15) is 0 Å². The fourth-order valence-corrected chi connectivity index (χ4v) is 2.01. The van der Waals surface area contributed by atoms with E-state index >= 15 is 0 Å². The van der Waals surface area contributed by atoms with Crippen molar-refractivity contribution < 1.29 is 4.74 Å². The first kappa shape index (κ1) is 15.0. The molecule has 0 aliphatic rings. The lowest BCUT2D eigenvalue weighted by molar-refractivity contribution is 0.485. The van der Waals surface area contributed by atoms with E-state index in [4.69, 9.17) is 18.1 Å². The molecule has 0 aliphatic carbocycles. The molecule has 2 rings (SSSR count). The number of fused-ring (bicyclic) bond motifs is 1. The van der Waals surface area contributed by atoms with Crippen molar-refractivity contribution in [2.75, 3.05) is 19.5 Å². The Hall–Kier alpha value is -2.41. The fourth-order valence-electron chi connectivity index (χ4n) is 2.01. The Kier molecular flexibility index (Phi) is 4.54. The van der Waals surface area contributed by atoms with Crippen LogP contribution in [0.25, 0.3) is 10.8 Å². The van der Waals surface area contributed by atoms with E-state index in [1.807, 2.05) is 43.4 Å². The molecule has 0 amide bonds. The van der Waals surface area contributed by atoms with Gasteiger partial charge >= 0.3 is 0 Å². The number of rotatable bonds is 4. The summed E-state index contributed by atoms with van der Waals surface area (Å²) < 4.78 is 5.57. The first-order chi connectivity index (χ1) is 10.0. The zero-order valence-corrected chi connectivity index (χ0v) is 12.2. The van der Waals surface area contributed by atoms with Crippen LogP contribution in [0.15, 0.2) is 40.5 Å². The molecule has 2 radical (unpaired) electrons. The molecule has 21 heavy (non-hydrogen) atoms. The van der Waals surface area contributed by atoms with Crippen LogP contribution < -0.4 is 10.2 Å². The molecule has 0 atom stereocenters. The third-order valence-electron chi connectivity index (χ3n) is 2.73. The van der Waals surface area contributed by atoms with Gasteiger partial charge in [0.1, 0.15) is 0 Å². The number of anilines is 1. The lowest BCUT2D eigenvalue weighted by Gasteiger charge is -2.18. The van der Waals surface area contributed by atoms with Crippen molar-refractivity contribution in [3.05, 3.63) is 30.3 Å². The van der Waals surface area contributed by atoms with Crippen LogP contribution in [0.1, 0.15) is 6.92 Å². The average Bonchev–Trinajstić information content (AvgIpc) is 2.41. The Morgan fingerprint density at radius 3 is 2.67 bits per heavy atom. The molecule has 0 unspecified atom stereocenters. The van der Waals surface area contributed by atoms with Crippen molar-refractivity contribution in [1.29, 1.82) is 5.41 Å². The number of benzene rings is 2. The highest BCUT2D eigenvalue weighted by Gasteiger charge is 2.11. The summed E-state index contributed by atoms with van der Waals surface area (Å²) in [5.41, 5.74) is 4.61. The van der Waals surface area contributed by atoms with Gasteiger partial charge in [0.05, 0.1) is 11.4 Å². The predicted octanol–water partition coefficient (Wildman–Crippen LogP) is 3.27. The van der Waals surface area contributed by atoms with Gasteiger partial charge in [0, 0.05) is 26.4 Å². The molecular formula is C14H16BN5O. The minimum atomic E-state index is 0.120. The van der Waals surface area contributed by atoms with Gasteiger partial charge in [-0.2, -0.15) is 5.11 Å². The van der Waals surface area contributed by atoms with Gasteiger partial charge in [-0.15, -0.1) is 0 Å². The second kappa shape index (κ2) is 6.36. The molecular weight excluding hydrogens is 265 g/mol. The summed E-state index contributed by atoms with van der Waals surface area (Å²) >= 11 is 0. The van der Waals surface area contributed by atoms with Gasteiger partial charge in [0.15, 0.2) is 11.6 Å². The molecule has 2 N–H and O–H groups in total. The summed E-state index contributed by atoms with van der Waals surface area (Å²) in [7, 11) is 8.84. The van der Waals surface area contributed by atoms with Crippen LogP contribution in [0, 0.1) is 5.41 Å². The molecule has 0 aromatic heterocycles. The standard InChI is InChI=1S/C14H16BN5O/c1-9(16)21-14-12-6-5-11(17-19-15)8-10(12)4-7-13(14)18-20(2)3/h4-8,16,18H,1-3H3. The smallest absolute Gasteiger partial charge is 0.293 e. The van der Waals surface area contributed by atoms with Gasteiger partial charge in [-0.3, -0.25) is 10.4 Å². The van der Waals surface area contributed by atoms with Crippen molar-refractivity contribution >= 4 is 36.0 Å². The van der Waals surface area contributed by atoms with Crippen LogP contribution in [0.4, 0.5) is 11.4 Å². The van der Waals surface area contributed by atoms with Gasteiger partial charge in [-0.1, -0.05) is 6.07 Å². The van der Waals surface area contributed by atoms with Gasteiger partial charge in [0.2, 0.25) is 0 Å². The molecule has 0 aliphatic heterocycles. The van der Waals surface area contributed by atoms with Crippen LogP contribution in [0.2, 0.25) is 0 Å². The van der Waals surface area contributed by atoms with E-state index < -0.39 is 0 Å². The molecule has 2 aromatic rings. The highest BCUT2D eigenvalue weighted by molar-refractivity contribution is 6.05. The molecule has 0 saturated heterocycles. The highest BCUT2D eigenvalue weighted by Crippen LogP contribution is 2.36. The number of nitrogens with zero attached hydrogens (tertiary/aromatic N) is 3. The van der Waals surface area contributed by atoms with Gasteiger partial charge in [-0.25, -0.2) is 5.01 Å². The third kappa shape index (κ3) is 3.58. The Morgan fingerprint density at radius 2 is 2.05 bits per heavy atom. The summed E-state index contributed by atoms with van der Waals surface area (Å²) in [6.07, 6.45) is 0. The largest absolute Gasteiger partial charge is 0.441 e. The number of ether oxygens (including phenoxy) is 1. The zero-order valence-electron chi connectivity index (χ0n) is 12.2. The van der Waals surface area contributed by atoms with Crippen molar-refractivity contribution in [1.82, 2.24) is 5.01 Å². The molecule has 106 valence electrons. The topological polar surface area (TPSA) is 73.1 Å². The quantitative estimate of drug-likeness (QED) is 0.297. The maximum Gasteiger partial charge on any atom is 0.293 e. The minimum Gasteiger partial charge on any atom is -0.441 e. The molecule has 0 spiro atoms. The molecule has 7 heteroatoms. The predicted molar refractivity (Wildman–Crippen MR) is 85.6 cm³/mol. The zero-order chi connectivity index (χ0) is 15.4. The molecule has 0 bridgehead atoms. The lowest BCUT2D eigenvalue weighted by Crippen LogP contribution is -2.20. The summed E-state index contributed by atoms with van der Waals surface area (Å²) in [6, 6.07) is 9.37. The second-order valence-corrected chi connectivity index (χ2v) is 4.73. The van der Waals surface area contributed by atoms with E-state index in [2.05, 4.69) is 15.6 Å². The molecule has 2 aromatic carbocycles.